The van der Waals surface area contributed by atoms with Crippen molar-refractivity contribution in [1.29, 1.82) is 0 Å². The Labute approximate surface area is 239 Å². The first-order chi connectivity index (χ1) is 20.3. The Morgan fingerprint density at radius 1 is 0.463 bits per heavy atom. The van der Waals surface area contributed by atoms with Crippen LogP contribution in [0.5, 0.6) is 0 Å². The summed E-state index contributed by atoms with van der Waals surface area (Å²) in [6.45, 7) is 0. The third kappa shape index (κ3) is 2.84. The van der Waals surface area contributed by atoms with Gasteiger partial charge in [-0.2, -0.15) is 0 Å². The Balaban J connectivity index is 1.27. The quantitative estimate of drug-likeness (QED) is 0.221. The average molecular weight is 523 g/mol. The summed E-state index contributed by atoms with van der Waals surface area (Å²) in [4.78, 5) is 4.93. The summed E-state index contributed by atoms with van der Waals surface area (Å²) in [5.74, 6) is 0.986. The zero-order valence-electron chi connectivity index (χ0n) is 22.7. The number of benzene rings is 6. The van der Waals surface area contributed by atoms with E-state index in [4.69, 9.17) is 4.98 Å². The van der Waals surface area contributed by atoms with Gasteiger partial charge < -0.3 is 4.57 Å². The van der Waals surface area contributed by atoms with E-state index in [0.717, 1.165) is 22.4 Å². The van der Waals surface area contributed by atoms with E-state index in [2.05, 4.69) is 145 Å². The number of fused-ring (bicyclic) bond motifs is 11. The SMILES string of the molecule is Cn1c(-c2ccc(-c3cccc4c3-c3ccccc3C43c4ccccc4-c4ccccc43)cc2)nc2ccccc21. The third-order valence-corrected chi connectivity index (χ3v) is 9.26. The summed E-state index contributed by atoms with van der Waals surface area (Å²) in [6, 6.07) is 51.1. The van der Waals surface area contributed by atoms with Gasteiger partial charge >= 0.3 is 0 Å². The fourth-order valence-corrected chi connectivity index (χ4v) is 7.59. The van der Waals surface area contributed by atoms with E-state index in [1.54, 1.807) is 0 Å². The van der Waals surface area contributed by atoms with Gasteiger partial charge in [0.05, 0.1) is 16.4 Å². The first-order valence-corrected chi connectivity index (χ1v) is 14.2. The van der Waals surface area contributed by atoms with Crippen molar-refractivity contribution in [2.75, 3.05) is 0 Å². The molecule has 0 saturated heterocycles. The molecule has 0 N–H and O–H groups in total. The summed E-state index contributed by atoms with van der Waals surface area (Å²) in [5, 5.41) is 0. The molecule has 41 heavy (non-hydrogen) atoms. The van der Waals surface area contributed by atoms with Crippen LogP contribution in [0, 0.1) is 0 Å². The fourth-order valence-electron chi connectivity index (χ4n) is 7.59. The van der Waals surface area contributed by atoms with Crippen LogP contribution in [0.1, 0.15) is 22.3 Å². The van der Waals surface area contributed by atoms with Crippen LogP contribution in [0.25, 0.3) is 55.8 Å². The van der Waals surface area contributed by atoms with Crippen LogP contribution in [0.15, 0.2) is 140 Å². The van der Waals surface area contributed by atoms with E-state index >= 15 is 0 Å². The highest BCUT2D eigenvalue weighted by Crippen LogP contribution is 2.63. The van der Waals surface area contributed by atoms with E-state index in [1.807, 2.05) is 6.07 Å². The Bertz CT molecular complexity index is 2120. The first-order valence-electron chi connectivity index (χ1n) is 14.2. The van der Waals surface area contributed by atoms with Gasteiger partial charge in [-0.1, -0.05) is 127 Å². The van der Waals surface area contributed by atoms with Crippen molar-refractivity contribution < 1.29 is 0 Å². The molecule has 2 heteroatoms. The van der Waals surface area contributed by atoms with E-state index < -0.39 is 0 Å². The maximum Gasteiger partial charge on any atom is 0.140 e. The predicted molar refractivity (Wildman–Crippen MR) is 168 cm³/mol. The number of hydrogen-bond donors (Lipinski definition) is 0. The van der Waals surface area contributed by atoms with Gasteiger partial charge in [-0.15, -0.1) is 0 Å². The number of aromatic nitrogens is 2. The largest absolute Gasteiger partial charge is 0.327 e. The molecule has 2 nitrogen and oxygen atoms in total. The topological polar surface area (TPSA) is 17.8 Å². The number of imidazole rings is 1. The highest BCUT2D eigenvalue weighted by molar-refractivity contribution is 6.00. The van der Waals surface area contributed by atoms with Gasteiger partial charge in [-0.05, 0) is 67.8 Å². The maximum absolute atomic E-state index is 4.93. The van der Waals surface area contributed by atoms with E-state index in [1.165, 1.54) is 55.6 Å². The summed E-state index contributed by atoms with van der Waals surface area (Å²) < 4.78 is 2.18. The molecule has 0 atom stereocenters. The van der Waals surface area contributed by atoms with Gasteiger partial charge in [-0.3, -0.25) is 0 Å². The minimum Gasteiger partial charge on any atom is -0.327 e. The van der Waals surface area contributed by atoms with Crippen molar-refractivity contribution in [3.05, 3.63) is 162 Å². The lowest BCUT2D eigenvalue weighted by Gasteiger charge is -2.30. The first kappa shape index (κ1) is 22.6. The molecule has 0 fully saturated rings. The molecule has 7 aromatic rings. The molecule has 2 aliphatic carbocycles. The van der Waals surface area contributed by atoms with E-state index in [9.17, 15) is 0 Å². The molecule has 0 unspecified atom stereocenters. The van der Waals surface area contributed by atoms with Crippen molar-refractivity contribution in [2.45, 2.75) is 5.41 Å². The van der Waals surface area contributed by atoms with Crippen molar-refractivity contribution in [3.63, 3.8) is 0 Å². The average Bonchev–Trinajstić information content (AvgIpc) is 3.65. The second-order valence-corrected chi connectivity index (χ2v) is 11.2. The molecule has 1 heterocycles. The molecule has 0 aliphatic heterocycles. The van der Waals surface area contributed by atoms with Gasteiger partial charge in [0.15, 0.2) is 0 Å². The van der Waals surface area contributed by atoms with Gasteiger partial charge in [-0.25, -0.2) is 4.98 Å². The van der Waals surface area contributed by atoms with Gasteiger partial charge in [0.2, 0.25) is 0 Å². The van der Waals surface area contributed by atoms with Crippen LogP contribution in [0.3, 0.4) is 0 Å². The van der Waals surface area contributed by atoms with Gasteiger partial charge in [0, 0.05) is 12.6 Å². The zero-order valence-corrected chi connectivity index (χ0v) is 22.7. The normalized spacial score (nSPS) is 13.7. The second-order valence-electron chi connectivity index (χ2n) is 11.2. The monoisotopic (exact) mass is 522 g/mol. The number of rotatable bonds is 2. The Morgan fingerprint density at radius 3 is 1.66 bits per heavy atom. The molecule has 9 rings (SSSR count). The van der Waals surface area contributed by atoms with Crippen molar-refractivity contribution >= 4 is 11.0 Å². The maximum atomic E-state index is 4.93. The molecular weight excluding hydrogens is 496 g/mol. The van der Waals surface area contributed by atoms with Crippen LogP contribution in [-0.4, -0.2) is 9.55 Å². The van der Waals surface area contributed by atoms with Crippen molar-refractivity contribution in [2.24, 2.45) is 7.05 Å². The zero-order chi connectivity index (χ0) is 27.1. The molecule has 1 spiro atoms. The molecule has 192 valence electrons. The Morgan fingerprint density at radius 2 is 0.976 bits per heavy atom. The number of nitrogens with zero attached hydrogens (tertiary/aromatic N) is 2. The minimum absolute atomic E-state index is 0.317. The van der Waals surface area contributed by atoms with Crippen LogP contribution in [-0.2, 0) is 12.5 Å². The molecule has 2 aliphatic rings. The second kappa shape index (κ2) is 8.16. The molecule has 0 radical (unpaired) electrons. The molecule has 0 amide bonds. The Kier molecular flexibility index (Phi) is 4.49. The molecule has 0 bridgehead atoms. The standard InChI is InChI=1S/C39H26N2/c1-41-36-20-9-8-19-35(36)40-38(41)26-23-21-25(22-24-26)27-14-10-18-34-37(27)30-13-4-7-17-33(30)39(34)31-15-5-2-11-28(31)29-12-3-6-16-32(29)39/h2-24H,1H3. The van der Waals surface area contributed by atoms with Crippen LogP contribution in [0.4, 0.5) is 0 Å². The minimum atomic E-state index is -0.317. The van der Waals surface area contributed by atoms with Crippen LogP contribution < -0.4 is 0 Å². The fraction of sp³-hybridized carbons (Fsp3) is 0.0513. The molecule has 6 aromatic carbocycles. The van der Waals surface area contributed by atoms with Gasteiger partial charge in [0.1, 0.15) is 5.82 Å². The molecular formula is C39H26N2. The number of aryl methyl sites for hydroxylation is 1. The summed E-state index contributed by atoms with van der Waals surface area (Å²) in [6.07, 6.45) is 0. The van der Waals surface area contributed by atoms with Crippen molar-refractivity contribution in [1.82, 2.24) is 9.55 Å². The van der Waals surface area contributed by atoms with E-state index in [-0.39, 0.29) is 5.41 Å². The molecule has 1 aromatic heterocycles. The lowest BCUT2D eigenvalue weighted by Crippen LogP contribution is -2.25. The highest BCUT2D eigenvalue weighted by Gasteiger charge is 2.51. The summed E-state index contributed by atoms with van der Waals surface area (Å²) in [5.41, 5.74) is 16.3. The molecule has 0 saturated carbocycles. The number of hydrogen-bond acceptors (Lipinski definition) is 1. The third-order valence-electron chi connectivity index (χ3n) is 9.26. The Hall–Kier alpha value is -5.21. The lowest BCUT2D eigenvalue weighted by molar-refractivity contribution is 0.794. The van der Waals surface area contributed by atoms with Gasteiger partial charge in [0.25, 0.3) is 0 Å². The smallest absolute Gasteiger partial charge is 0.140 e. The van der Waals surface area contributed by atoms with Crippen LogP contribution in [0.2, 0.25) is 0 Å². The van der Waals surface area contributed by atoms with E-state index in [0.29, 0.717) is 0 Å². The summed E-state index contributed by atoms with van der Waals surface area (Å²) in [7, 11) is 2.09. The predicted octanol–water partition coefficient (Wildman–Crippen LogP) is 9.25. The highest BCUT2D eigenvalue weighted by atomic mass is 15.1. The van der Waals surface area contributed by atoms with Crippen LogP contribution >= 0.6 is 0 Å². The lowest BCUT2D eigenvalue weighted by atomic mass is 9.70. The van der Waals surface area contributed by atoms with Crippen molar-refractivity contribution in [3.8, 4) is 44.8 Å². The number of para-hydroxylation sites is 2. The summed E-state index contributed by atoms with van der Waals surface area (Å²) >= 11 is 0.